The normalized spacial score (nSPS) is 17.4. The van der Waals surface area contributed by atoms with Crippen molar-refractivity contribution in [3.05, 3.63) is 23.9 Å². The van der Waals surface area contributed by atoms with E-state index in [2.05, 4.69) is 58.9 Å². The summed E-state index contributed by atoms with van der Waals surface area (Å²) >= 11 is 0. The Labute approximate surface area is 165 Å². The summed E-state index contributed by atoms with van der Waals surface area (Å²) < 4.78 is 0. The van der Waals surface area contributed by atoms with Crippen molar-refractivity contribution in [2.24, 2.45) is 16.6 Å². The lowest BCUT2D eigenvalue weighted by Gasteiger charge is -2.34. The Hall–Kier alpha value is -1.82. The Balaban J connectivity index is 1.82. The molecule has 3 N–H and O–H groups in total. The van der Waals surface area contributed by atoms with Gasteiger partial charge < -0.3 is 20.9 Å². The van der Waals surface area contributed by atoms with Gasteiger partial charge in [-0.1, -0.05) is 33.6 Å². The average molecular weight is 375 g/mol. The molecule has 1 fully saturated rings. The second-order valence-corrected chi connectivity index (χ2v) is 8.02. The van der Waals surface area contributed by atoms with Crippen LogP contribution in [0.15, 0.2) is 23.3 Å². The van der Waals surface area contributed by atoms with E-state index in [-0.39, 0.29) is 0 Å². The fourth-order valence-corrected chi connectivity index (χ4v) is 3.40. The summed E-state index contributed by atoms with van der Waals surface area (Å²) in [5.41, 5.74) is 7.22. The molecular formula is C21H38N6. The second-order valence-electron chi connectivity index (χ2n) is 8.02. The van der Waals surface area contributed by atoms with E-state index in [0.29, 0.717) is 18.5 Å². The first-order valence-electron chi connectivity index (χ1n) is 10.5. The third-order valence-corrected chi connectivity index (χ3v) is 5.20. The van der Waals surface area contributed by atoms with Gasteiger partial charge in [-0.15, -0.1) is 0 Å². The van der Waals surface area contributed by atoms with Crippen LogP contribution in [0.4, 0.5) is 5.82 Å². The van der Waals surface area contributed by atoms with Crippen LogP contribution in [0.1, 0.15) is 52.5 Å². The summed E-state index contributed by atoms with van der Waals surface area (Å²) in [7, 11) is 0. The van der Waals surface area contributed by atoms with Crippen LogP contribution in [0.3, 0.4) is 0 Å². The molecule has 1 unspecified atom stereocenters. The number of guanidine groups is 1. The SMILES string of the molecule is CCN1CCN(c2cc(CN=C(N)NC(C)CCCC(C)C)ccn2)CC1. The minimum atomic E-state index is 0.357. The van der Waals surface area contributed by atoms with Gasteiger partial charge in [-0.25, -0.2) is 9.98 Å². The summed E-state index contributed by atoms with van der Waals surface area (Å²) in [4.78, 5) is 13.9. The largest absolute Gasteiger partial charge is 0.370 e. The maximum Gasteiger partial charge on any atom is 0.189 e. The van der Waals surface area contributed by atoms with Crippen molar-refractivity contribution in [3.63, 3.8) is 0 Å². The van der Waals surface area contributed by atoms with Crippen LogP contribution >= 0.6 is 0 Å². The van der Waals surface area contributed by atoms with Gasteiger partial charge in [0.1, 0.15) is 5.82 Å². The highest BCUT2D eigenvalue weighted by Crippen LogP contribution is 2.15. The lowest BCUT2D eigenvalue weighted by Crippen LogP contribution is -2.46. The van der Waals surface area contributed by atoms with Crippen molar-refractivity contribution in [2.45, 2.75) is 59.5 Å². The molecule has 0 aliphatic carbocycles. The highest BCUT2D eigenvalue weighted by molar-refractivity contribution is 5.78. The molecular weight excluding hydrogens is 336 g/mol. The van der Waals surface area contributed by atoms with Crippen LogP contribution in [0.5, 0.6) is 0 Å². The van der Waals surface area contributed by atoms with Crippen LogP contribution < -0.4 is 16.0 Å². The van der Waals surface area contributed by atoms with E-state index >= 15 is 0 Å². The van der Waals surface area contributed by atoms with E-state index in [1.165, 1.54) is 12.8 Å². The first-order valence-corrected chi connectivity index (χ1v) is 10.5. The summed E-state index contributed by atoms with van der Waals surface area (Å²) in [6.45, 7) is 14.9. The van der Waals surface area contributed by atoms with Crippen molar-refractivity contribution in [1.82, 2.24) is 15.2 Å². The number of aromatic nitrogens is 1. The third kappa shape index (κ3) is 7.75. The molecule has 1 atom stereocenters. The summed E-state index contributed by atoms with van der Waals surface area (Å²) in [6, 6.07) is 4.52. The smallest absolute Gasteiger partial charge is 0.189 e. The number of nitrogens with two attached hydrogens (primary N) is 1. The Kier molecular flexibility index (Phi) is 8.85. The molecule has 1 aromatic heterocycles. The average Bonchev–Trinajstić information content (AvgIpc) is 2.66. The number of nitrogens with one attached hydrogen (secondary N) is 1. The maximum atomic E-state index is 6.07. The minimum absolute atomic E-state index is 0.357. The van der Waals surface area contributed by atoms with E-state index in [1.807, 2.05) is 12.3 Å². The van der Waals surface area contributed by atoms with Gasteiger partial charge in [0.2, 0.25) is 0 Å². The van der Waals surface area contributed by atoms with E-state index in [4.69, 9.17) is 5.73 Å². The van der Waals surface area contributed by atoms with Crippen molar-refractivity contribution in [3.8, 4) is 0 Å². The van der Waals surface area contributed by atoms with Gasteiger partial charge in [-0.05, 0) is 43.5 Å². The molecule has 0 bridgehead atoms. The Morgan fingerprint density at radius 2 is 1.96 bits per heavy atom. The Bertz CT molecular complexity index is 578. The van der Waals surface area contributed by atoms with Crippen molar-refractivity contribution < 1.29 is 0 Å². The second kappa shape index (κ2) is 11.1. The summed E-state index contributed by atoms with van der Waals surface area (Å²) in [5.74, 6) is 2.34. The zero-order chi connectivity index (χ0) is 19.6. The van der Waals surface area contributed by atoms with Crippen molar-refractivity contribution in [2.75, 3.05) is 37.6 Å². The number of hydrogen-bond donors (Lipinski definition) is 2. The van der Waals surface area contributed by atoms with Gasteiger partial charge in [-0.3, -0.25) is 0 Å². The molecule has 27 heavy (non-hydrogen) atoms. The molecule has 0 aromatic carbocycles. The first-order chi connectivity index (χ1) is 13.0. The standard InChI is InChI=1S/C21H38N6/c1-5-26-11-13-27(14-12-26)20-15-19(9-10-23-20)16-24-21(22)25-18(4)8-6-7-17(2)3/h9-10,15,17-18H,5-8,11-14,16H2,1-4H3,(H3,22,24,25). The van der Waals surface area contributed by atoms with Gasteiger partial charge in [-0.2, -0.15) is 0 Å². The number of likely N-dealkylation sites (N-methyl/N-ethyl adjacent to an activating group) is 1. The first kappa shape index (κ1) is 21.5. The van der Waals surface area contributed by atoms with Gasteiger partial charge in [0.15, 0.2) is 5.96 Å². The van der Waals surface area contributed by atoms with Crippen LogP contribution in [0.25, 0.3) is 0 Å². The zero-order valence-electron chi connectivity index (χ0n) is 17.6. The number of anilines is 1. The van der Waals surface area contributed by atoms with Crippen LogP contribution in [-0.4, -0.2) is 54.6 Å². The predicted octanol–water partition coefficient (Wildman–Crippen LogP) is 2.84. The number of pyridine rings is 1. The molecule has 0 saturated carbocycles. The molecule has 1 aliphatic rings. The molecule has 2 rings (SSSR count). The van der Waals surface area contributed by atoms with Gasteiger partial charge >= 0.3 is 0 Å². The molecule has 152 valence electrons. The zero-order valence-corrected chi connectivity index (χ0v) is 17.6. The number of piperazine rings is 1. The molecule has 6 heteroatoms. The van der Waals surface area contributed by atoms with E-state index in [0.717, 1.165) is 56.4 Å². The van der Waals surface area contributed by atoms with Gasteiger partial charge in [0, 0.05) is 38.4 Å². The quantitative estimate of drug-likeness (QED) is 0.514. The number of rotatable bonds is 9. The summed E-state index contributed by atoms with van der Waals surface area (Å²) in [5, 5.41) is 3.31. The number of nitrogens with zero attached hydrogens (tertiary/aromatic N) is 4. The topological polar surface area (TPSA) is 69.8 Å². The molecule has 0 radical (unpaired) electrons. The van der Waals surface area contributed by atoms with E-state index < -0.39 is 0 Å². The molecule has 0 spiro atoms. The highest BCUT2D eigenvalue weighted by atomic mass is 15.3. The van der Waals surface area contributed by atoms with E-state index in [1.54, 1.807) is 0 Å². The lowest BCUT2D eigenvalue weighted by atomic mass is 10.0. The lowest BCUT2D eigenvalue weighted by molar-refractivity contribution is 0.270. The number of aliphatic imine (C=N–C) groups is 1. The minimum Gasteiger partial charge on any atom is -0.370 e. The molecule has 1 aromatic rings. The Morgan fingerprint density at radius 1 is 1.22 bits per heavy atom. The highest BCUT2D eigenvalue weighted by Gasteiger charge is 2.16. The predicted molar refractivity (Wildman–Crippen MR) is 115 cm³/mol. The fraction of sp³-hybridized carbons (Fsp3) is 0.714. The van der Waals surface area contributed by atoms with E-state index in [9.17, 15) is 0 Å². The van der Waals surface area contributed by atoms with Gasteiger partial charge in [0.05, 0.1) is 6.54 Å². The van der Waals surface area contributed by atoms with Gasteiger partial charge in [0.25, 0.3) is 0 Å². The molecule has 1 aliphatic heterocycles. The molecule has 6 nitrogen and oxygen atoms in total. The van der Waals surface area contributed by atoms with Crippen molar-refractivity contribution in [1.29, 1.82) is 0 Å². The van der Waals surface area contributed by atoms with Crippen LogP contribution in [-0.2, 0) is 6.54 Å². The number of hydrogen-bond acceptors (Lipinski definition) is 4. The van der Waals surface area contributed by atoms with Crippen LogP contribution in [0, 0.1) is 5.92 Å². The monoisotopic (exact) mass is 374 g/mol. The maximum absolute atomic E-state index is 6.07. The van der Waals surface area contributed by atoms with Crippen LogP contribution in [0.2, 0.25) is 0 Å². The molecule has 2 heterocycles. The fourth-order valence-electron chi connectivity index (χ4n) is 3.40. The third-order valence-electron chi connectivity index (χ3n) is 5.20. The summed E-state index contributed by atoms with van der Waals surface area (Å²) in [6.07, 6.45) is 5.48. The van der Waals surface area contributed by atoms with Crippen molar-refractivity contribution >= 4 is 11.8 Å². The molecule has 0 amide bonds. The Morgan fingerprint density at radius 3 is 2.63 bits per heavy atom. The molecule has 1 saturated heterocycles.